The number of anilines is 1. The summed E-state index contributed by atoms with van der Waals surface area (Å²) in [6.07, 6.45) is 1.79. The van der Waals surface area contributed by atoms with Crippen LogP contribution in [0.3, 0.4) is 0 Å². The Morgan fingerprint density at radius 1 is 1.11 bits per heavy atom. The number of carboxylic acids is 1. The summed E-state index contributed by atoms with van der Waals surface area (Å²) in [5, 5.41) is 26.9. The van der Waals surface area contributed by atoms with E-state index in [-0.39, 0.29) is 17.0 Å². The Hall–Kier alpha value is -5.16. The van der Waals surface area contributed by atoms with Crippen molar-refractivity contribution in [2.45, 2.75) is 26.8 Å². The SMILES string of the molecule is Cc1cc(C(C)Nc2ccccc2C(=O)O)c2oc(-c3cn(-c4ccc(C#N)cc4)nc3C)cc(=O)c2c1. The van der Waals surface area contributed by atoms with Gasteiger partial charge in [-0.1, -0.05) is 18.2 Å². The quantitative estimate of drug-likeness (QED) is 0.291. The Kier molecular flexibility index (Phi) is 6.27. The van der Waals surface area contributed by atoms with Crippen LogP contribution < -0.4 is 10.7 Å². The lowest BCUT2D eigenvalue weighted by Gasteiger charge is -2.19. The van der Waals surface area contributed by atoms with Crippen molar-refractivity contribution < 1.29 is 14.3 Å². The van der Waals surface area contributed by atoms with E-state index in [1.165, 1.54) is 12.1 Å². The Balaban J connectivity index is 1.60. The Morgan fingerprint density at radius 2 is 1.84 bits per heavy atom. The van der Waals surface area contributed by atoms with Crippen molar-refractivity contribution in [1.29, 1.82) is 5.26 Å². The molecule has 38 heavy (non-hydrogen) atoms. The smallest absolute Gasteiger partial charge is 0.337 e. The molecule has 0 spiro atoms. The molecule has 0 amide bonds. The van der Waals surface area contributed by atoms with Crippen LogP contribution in [0.2, 0.25) is 0 Å². The van der Waals surface area contributed by atoms with Gasteiger partial charge in [0.05, 0.1) is 45.6 Å². The Bertz CT molecular complexity index is 1790. The highest BCUT2D eigenvalue weighted by atomic mass is 16.4. The summed E-state index contributed by atoms with van der Waals surface area (Å²) in [5.74, 6) is -0.652. The van der Waals surface area contributed by atoms with E-state index >= 15 is 0 Å². The zero-order valence-corrected chi connectivity index (χ0v) is 21.0. The van der Waals surface area contributed by atoms with Gasteiger partial charge in [-0.15, -0.1) is 0 Å². The van der Waals surface area contributed by atoms with Gasteiger partial charge in [-0.25, -0.2) is 9.48 Å². The molecule has 8 nitrogen and oxygen atoms in total. The minimum Gasteiger partial charge on any atom is -0.478 e. The molecule has 1 unspecified atom stereocenters. The molecule has 5 rings (SSSR count). The molecule has 188 valence electrons. The van der Waals surface area contributed by atoms with Gasteiger partial charge in [0.2, 0.25) is 0 Å². The maximum atomic E-state index is 13.2. The number of nitriles is 1. The number of fused-ring (bicyclic) bond motifs is 1. The number of benzene rings is 3. The van der Waals surface area contributed by atoms with E-state index in [4.69, 9.17) is 9.68 Å². The zero-order valence-electron chi connectivity index (χ0n) is 21.0. The molecule has 0 radical (unpaired) electrons. The van der Waals surface area contributed by atoms with Crippen LogP contribution in [0, 0.1) is 25.2 Å². The van der Waals surface area contributed by atoms with Crippen LogP contribution in [0.5, 0.6) is 0 Å². The molecule has 0 saturated heterocycles. The zero-order chi connectivity index (χ0) is 27.0. The van der Waals surface area contributed by atoms with Gasteiger partial charge in [0.15, 0.2) is 5.43 Å². The summed E-state index contributed by atoms with van der Waals surface area (Å²) in [7, 11) is 0. The van der Waals surface area contributed by atoms with Gasteiger partial charge in [-0.3, -0.25) is 4.79 Å². The van der Waals surface area contributed by atoms with Crippen molar-refractivity contribution in [3.8, 4) is 23.1 Å². The molecule has 0 aliphatic carbocycles. The van der Waals surface area contributed by atoms with Crippen molar-refractivity contribution in [2.75, 3.05) is 5.32 Å². The second-order valence-corrected chi connectivity index (χ2v) is 9.15. The van der Waals surface area contributed by atoms with Crippen LogP contribution >= 0.6 is 0 Å². The third-order valence-electron chi connectivity index (χ3n) is 6.42. The number of aromatic carboxylic acids is 1. The van der Waals surface area contributed by atoms with E-state index in [1.54, 1.807) is 59.4 Å². The topological polar surface area (TPSA) is 121 Å². The highest BCUT2D eigenvalue weighted by Gasteiger charge is 2.20. The summed E-state index contributed by atoms with van der Waals surface area (Å²) < 4.78 is 8.04. The summed E-state index contributed by atoms with van der Waals surface area (Å²) in [5.41, 5.74) is 5.15. The molecular weight excluding hydrogens is 480 g/mol. The summed E-state index contributed by atoms with van der Waals surface area (Å²) >= 11 is 0. The van der Waals surface area contributed by atoms with Crippen LogP contribution in [0.25, 0.3) is 28.0 Å². The first-order chi connectivity index (χ1) is 18.2. The Labute approximate surface area is 218 Å². The second kappa shape index (κ2) is 9.71. The number of hydrogen-bond donors (Lipinski definition) is 2. The van der Waals surface area contributed by atoms with Crippen LogP contribution in [0.4, 0.5) is 5.69 Å². The summed E-state index contributed by atoms with van der Waals surface area (Å²) in [4.78, 5) is 24.9. The number of nitrogens with one attached hydrogen (secondary N) is 1. The van der Waals surface area contributed by atoms with E-state index < -0.39 is 5.97 Å². The molecule has 0 saturated carbocycles. The Morgan fingerprint density at radius 3 is 2.55 bits per heavy atom. The minimum atomic E-state index is -1.03. The van der Waals surface area contributed by atoms with Crippen molar-refractivity contribution in [3.63, 3.8) is 0 Å². The molecule has 0 bridgehead atoms. The van der Waals surface area contributed by atoms with E-state index in [0.717, 1.165) is 16.8 Å². The standard InChI is InChI=1S/C30H24N4O4/c1-17-12-23(18(2)32-26-7-5-4-6-22(26)30(36)37)29-24(13-17)27(35)14-28(38-29)25-16-34(33-19(25)3)21-10-8-20(15-31)9-11-21/h4-14,16,18,32H,1-3H3,(H,36,37). The first kappa shape index (κ1) is 24.5. The fourth-order valence-corrected chi connectivity index (χ4v) is 4.52. The van der Waals surface area contributed by atoms with E-state index in [2.05, 4.69) is 16.5 Å². The van der Waals surface area contributed by atoms with Gasteiger partial charge in [-0.05, 0) is 68.8 Å². The molecule has 2 heterocycles. The van der Waals surface area contributed by atoms with Gasteiger partial charge >= 0.3 is 5.97 Å². The van der Waals surface area contributed by atoms with E-state index in [9.17, 15) is 14.7 Å². The van der Waals surface area contributed by atoms with Gasteiger partial charge in [0.1, 0.15) is 11.3 Å². The van der Waals surface area contributed by atoms with Gasteiger partial charge in [0.25, 0.3) is 0 Å². The minimum absolute atomic E-state index is 0.157. The lowest BCUT2D eigenvalue weighted by atomic mass is 10.00. The maximum Gasteiger partial charge on any atom is 0.337 e. The van der Waals surface area contributed by atoms with Crippen molar-refractivity contribution in [2.24, 2.45) is 0 Å². The number of hydrogen-bond acceptors (Lipinski definition) is 6. The van der Waals surface area contributed by atoms with Gasteiger partial charge in [0, 0.05) is 23.5 Å². The largest absolute Gasteiger partial charge is 0.478 e. The normalized spacial score (nSPS) is 11.7. The fraction of sp³-hybridized carbons (Fsp3) is 0.133. The van der Waals surface area contributed by atoms with E-state index in [1.807, 2.05) is 26.8 Å². The number of aromatic nitrogens is 2. The lowest BCUT2D eigenvalue weighted by molar-refractivity contribution is 0.0698. The molecule has 3 aromatic carbocycles. The highest BCUT2D eigenvalue weighted by molar-refractivity contribution is 5.94. The highest BCUT2D eigenvalue weighted by Crippen LogP contribution is 2.32. The maximum absolute atomic E-state index is 13.2. The van der Waals surface area contributed by atoms with Crippen LogP contribution in [-0.4, -0.2) is 20.9 Å². The molecule has 0 aliphatic heterocycles. The number of rotatable bonds is 6. The lowest BCUT2D eigenvalue weighted by Crippen LogP contribution is -2.12. The number of aryl methyl sites for hydroxylation is 2. The molecule has 5 aromatic rings. The van der Waals surface area contributed by atoms with Gasteiger partial charge < -0.3 is 14.8 Å². The molecule has 8 heteroatoms. The summed E-state index contributed by atoms with van der Waals surface area (Å²) in [6.45, 7) is 5.64. The molecular formula is C30H24N4O4. The molecule has 2 N–H and O–H groups in total. The van der Waals surface area contributed by atoms with Crippen molar-refractivity contribution >= 4 is 22.6 Å². The fourth-order valence-electron chi connectivity index (χ4n) is 4.52. The summed E-state index contributed by atoms with van der Waals surface area (Å²) in [6, 6.07) is 20.7. The average Bonchev–Trinajstić information content (AvgIpc) is 3.30. The third kappa shape index (κ3) is 4.53. The van der Waals surface area contributed by atoms with E-state index in [0.29, 0.717) is 39.2 Å². The van der Waals surface area contributed by atoms with Crippen LogP contribution in [-0.2, 0) is 0 Å². The average molecular weight is 505 g/mol. The molecule has 0 aliphatic rings. The second-order valence-electron chi connectivity index (χ2n) is 9.15. The monoisotopic (exact) mass is 504 g/mol. The first-order valence-corrected chi connectivity index (χ1v) is 12.0. The number of para-hydroxylation sites is 1. The predicted molar refractivity (Wildman–Crippen MR) is 145 cm³/mol. The molecule has 1 atom stereocenters. The predicted octanol–water partition coefficient (Wildman–Crippen LogP) is 6.01. The number of carbonyl (C=O) groups is 1. The third-order valence-corrected chi connectivity index (χ3v) is 6.42. The van der Waals surface area contributed by atoms with Crippen LogP contribution in [0.15, 0.2) is 82.1 Å². The van der Waals surface area contributed by atoms with Crippen molar-refractivity contribution in [1.82, 2.24) is 9.78 Å². The first-order valence-electron chi connectivity index (χ1n) is 12.0. The number of carboxylic acid groups (broad SMARTS) is 1. The number of nitrogens with zero attached hydrogens (tertiary/aromatic N) is 3. The van der Waals surface area contributed by atoms with Crippen molar-refractivity contribution in [3.05, 3.63) is 111 Å². The van der Waals surface area contributed by atoms with Crippen LogP contribution in [0.1, 0.15) is 45.7 Å². The molecule has 0 fully saturated rings. The molecule has 2 aromatic heterocycles. The van der Waals surface area contributed by atoms with Gasteiger partial charge in [-0.2, -0.15) is 10.4 Å².